The Hall–Kier alpha value is -0.450. The van der Waals surface area contributed by atoms with Gasteiger partial charge in [0.05, 0.1) is 5.92 Å². The summed E-state index contributed by atoms with van der Waals surface area (Å²) in [4.78, 5) is 11.8. The van der Waals surface area contributed by atoms with Crippen LogP contribution in [0.3, 0.4) is 0 Å². The minimum absolute atomic E-state index is 0.0567. The molecule has 0 bridgehead atoms. The summed E-state index contributed by atoms with van der Waals surface area (Å²) >= 11 is 5.77. The number of hydrogen-bond acceptors (Lipinski definition) is 1. The van der Waals surface area contributed by atoms with Crippen molar-refractivity contribution in [1.29, 1.82) is 0 Å². The Balaban J connectivity index is 2.32. The fourth-order valence-corrected chi connectivity index (χ4v) is 2.62. The number of nitrogens with one attached hydrogen (secondary N) is 1. The largest absolute Gasteiger partial charge is 0.391 e. The summed E-state index contributed by atoms with van der Waals surface area (Å²) in [5, 5.41) is 2.77. The fourth-order valence-electron chi connectivity index (χ4n) is 2.46. The van der Waals surface area contributed by atoms with Gasteiger partial charge in [0.15, 0.2) is 0 Å². The van der Waals surface area contributed by atoms with Crippen molar-refractivity contribution in [2.24, 2.45) is 11.8 Å². The molecule has 1 N–H and O–H groups in total. The lowest BCUT2D eigenvalue weighted by atomic mass is 9.80. The first-order valence-electron chi connectivity index (χ1n) is 6.79. The van der Waals surface area contributed by atoms with Crippen LogP contribution in [0.4, 0.5) is 13.2 Å². The van der Waals surface area contributed by atoms with Crippen LogP contribution in [-0.4, -0.2) is 24.0 Å². The lowest BCUT2D eigenvalue weighted by Gasteiger charge is -2.29. The predicted molar refractivity (Wildman–Crippen MR) is 69.1 cm³/mol. The zero-order valence-electron chi connectivity index (χ0n) is 11.1. The van der Waals surface area contributed by atoms with E-state index in [-0.39, 0.29) is 24.1 Å². The van der Waals surface area contributed by atoms with Gasteiger partial charge in [0.1, 0.15) is 0 Å². The molecule has 1 rings (SSSR count). The van der Waals surface area contributed by atoms with E-state index in [0.717, 1.165) is 12.8 Å². The molecular formula is C13H21ClF3NO. The molecule has 0 heterocycles. The van der Waals surface area contributed by atoms with Gasteiger partial charge in [0.2, 0.25) is 5.91 Å². The summed E-state index contributed by atoms with van der Waals surface area (Å²) in [5.74, 6) is -2.05. The lowest BCUT2D eigenvalue weighted by molar-refractivity contribution is -0.186. The van der Waals surface area contributed by atoms with Crippen LogP contribution in [0.15, 0.2) is 0 Å². The number of carbonyl (C=O) groups is 1. The predicted octanol–water partition coefficient (Wildman–Crippen LogP) is 3.88. The Labute approximate surface area is 117 Å². The zero-order chi connectivity index (χ0) is 14.5. The molecule has 1 saturated carbocycles. The number of carbonyl (C=O) groups excluding carboxylic acids is 1. The third-order valence-corrected chi connectivity index (χ3v) is 3.80. The summed E-state index contributed by atoms with van der Waals surface area (Å²) in [6.07, 6.45) is -1.51. The van der Waals surface area contributed by atoms with Gasteiger partial charge in [-0.05, 0) is 39.0 Å². The van der Waals surface area contributed by atoms with Crippen molar-refractivity contribution < 1.29 is 18.0 Å². The van der Waals surface area contributed by atoms with Crippen molar-refractivity contribution in [3.8, 4) is 0 Å². The smallest absolute Gasteiger partial charge is 0.356 e. The molecule has 1 amide bonds. The molecule has 6 heteroatoms. The highest BCUT2D eigenvalue weighted by Gasteiger charge is 2.43. The van der Waals surface area contributed by atoms with Crippen molar-refractivity contribution in [2.45, 2.75) is 57.0 Å². The first kappa shape index (κ1) is 16.6. The minimum Gasteiger partial charge on any atom is -0.356 e. The Kier molecular flexibility index (Phi) is 6.43. The second-order valence-electron chi connectivity index (χ2n) is 5.32. The van der Waals surface area contributed by atoms with Crippen molar-refractivity contribution in [1.82, 2.24) is 5.32 Å². The van der Waals surface area contributed by atoms with E-state index in [1.807, 2.05) is 6.92 Å². The van der Waals surface area contributed by atoms with Crippen LogP contribution in [0.1, 0.15) is 45.4 Å². The second kappa shape index (κ2) is 7.36. The summed E-state index contributed by atoms with van der Waals surface area (Å²) < 4.78 is 37.9. The van der Waals surface area contributed by atoms with Gasteiger partial charge >= 0.3 is 6.18 Å². The molecule has 0 aromatic rings. The second-order valence-corrected chi connectivity index (χ2v) is 6.06. The summed E-state index contributed by atoms with van der Waals surface area (Å²) in [5.41, 5.74) is 0. The summed E-state index contributed by atoms with van der Waals surface area (Å²) in [6, 6.07) is 0. The number of alkyl halides is 4. The topological polar surface area (TPSA) is 29.1 Å². The highest BCUT2D eigenvalue weighted by molar-refractivity contribution is 6.20. The van der Waals surface area contributed by atoms with E-state index in [1.165, 1.54) is 0 Å². The third kappa shape index (κ3) is 6.02. The van der Waals surface area contributed by atoms with Gasteiger partial charge in [0.25, 0.3) is 0 Å². The normalized spacial score (nSPS) is 25.9. The number of amides is 1. The molecule has 112 valence electrons. The fraction of sp³-hybridized carbons (Fsp3) is 0.923. The first-order chi connectivity index (χ1) is 8.80. The molecule has 0 radical (unpaired) electrons. The Bertz CT molecular complexity index is 294. The molecule has 19 heavy (non-hydrogen) atoms. The Morgan fingerprint density at radius 1 is 1.42 bits per heavy atom. The van der Waals surface area contributed by atoms with E-state index in [9.17, 15) is 18.0 Å². The van der Waals surface area contributed by atoms with Crippen LogP contribution < -0.4 is 5.32 Å². The average Bonchev–Trinajstić information content (AvgIpc) is 2.33. The van der Waals surface area contributed by atoms with Crippen LogP contribution >= 0.6 is 11.6 Å². The van der Waals surface area contributed by atoms with Crippen molar-refractivity contribution >= 4 is 17.5 Å². The quantitative estimate of drug-likeness (QED) is 0.606. The van der Waals surface area contributed by atoms with Crippen LogP contribution in [0, 0.1) is 11.8 Å². The van der Waals surface area contributed by atoms with Gasteiger partial charge < -0.3 is 5.32 Å². The molecule has 0 aromatic carbocycles. The number of halogens is 4. The van der Waals surface area contributed by atoms with E-state index in [4.69, 9.17) is 11.6 Å². The molecule has 0 aliphatic heterocycles. The molecule has 2 nitrogen and oxygen atoms in total. The Morgan fingerprint density at radius 3 is 2.68 bits per heavy atom. The molecule has 3 unspecified atom stereocenters. The van der Waals surface area contributed by atoms with E-state index >= 15 is 0 Å². The van der Waals surface area contributed by atoms with Crippen LogP contribution in [0.2, 0.25) is 0 Å². The van der Waals surface area contributed by atoms with Gasteiger partial charge in [-0.25, -0.2) is 0 Å². The summed E-state index contributed by atoms with van der Waals surface area (Å²) in [6.45, 7) is 2.36. The van der Waals surface area contributed by atoms with Crippen LogP contribution in [0.5, 0.6) is 0 Å². The maximum atomic E-state index is 12.6. The van der Waals surface area contributed by atoms with E-state index < -0.39 is 18.0 Å². The average molecular weight is 300 g/mol. The van der Waals surface area contributed by atoms with Gasteiger partial charge in [0, 0.05) is 17.8 Å². The molecule has 1 aliphatic carbocycles. The minimum atomic E-state index is -4.17. The maximum absolute atomic E-state index is 12.6. The molecule has 0 aromatic heterocycles. The first-order valence-corrected chi connectivity index (χ1v) is 7.23. The van der Waals surface area contributed by atoms with Gasteiger partial charge in [-0.2, -0.15) is 13.2 Å². The van der Waals surface area contributed by atoms with Gasteiger partial charge in [-0.1, -0.05) is 6.42 Å². The van der Waals surface area contributed by atoms with Crippen molar-refractivity contribution in [2.75, 3.05) is 6.54 Å². The third-order valence-electron chi connectivity index (χ3n) is 3.59. The SMILES string of the molecule is CC(Cl)CCCNC(=O)C1CCCC(C(F)(F)F)C1. The standard InChI is InChI=1S/C13H21ClF3NO/c1-9(14)4-3-7-18-12(19)10-5-2-6-11(8-10)13(15,16)17/h9-11H,2-8H2,1H3,(H,18,19). The zero-order valence-corrected chi connectivity index (χ0v) is 11.9. The Morgan fingerprint density at radius 2 is 2.11 bits per heavy atom. The van der Waals surface area contributed by atoms with E-state index in [0.29, 0.717) is 19.4 Å². The molecule has 3 atom stereocenters. The lowest BCUT2D eigenvalue weighted by Crippen LogP contribution is -2.37. The van der Waals surface area contributed by atoms with Crippen LogP contribution in [0.25, 0.3) is 0 Å². The van der Waals surface area contributed by atoms with E-state index in [2.05, 4.69) is 5.32 Å². The molecule has 1 fully saturated rings. The number of hydrogen-bond donors (Lipinski definition) is 1. The summed E-state index contributed by atoms with van der Waals surface area (Å²) in [7, 11) is 0. The van der Waals surface area contributed by atoms with E-state index in [1.54, 1.807) is 0 Å². The highest BCUT2D eigenvalue weighted by Crippen LogP contribution is 2.39. The van der Waals surface area contributed by atoms with Crippen molar-refractivity contribution in [3.63, 3.8) is 0 Å². The highest BCUT2D eigenvalue weighted by atomic mass is 35.5. The van der Waals surface area contributed by atoms with Gasteiger partial charge in [-0.15, -0.1) is 11.6 Å². The monoisotopic (exact) mass is 299 g/mol. The van der Waals surface area contributed by atoms with Crippen molar-refractivity contribution in [3.05, 3.63) is 0 Å². The number of rotatable bonds is 5. The molecule has 0 spiro atoms. The molecule has 1 aliphatic rings. The van der Waals surface area contributed by atoms with Gasteiger partial charge in [-0.3, -0.25) is 4.79 Å². The van der Waals surface area contributed by atoms with Crippen LogP contribution in [-0.2, 0) is 4.79 Å². The molecule has 0 saturated heterocycles. The molecular weight excluding hydrogens is 279 g/mol. The maximum Gasteiger partial charge on any atom is 0.391 e.